The Hall–Kier alpha value is -2.56. The Bertz CT molecular complexity index is 1200. The number of carboxylic acid groups (broad SMARTS) is 1. The zero-order valence-electron chi connectivity index (χ0n) is 37.8. The van der Waals surface area contributed by atoms with Crippen LogP contribution in [-0.2, 0) is 37.5 Å². The van der Waals surface area contributed by atoms with Gasteiger partial charge in [0.1, 0.15) is 12.6 Å². The van der Waals surface area contributed by atoms with Gasteiger partial charge in [0.25, 0.3) is 0 Å². The fourth-order valence-electron chi connectivity index (χ4n) is 6.41. The van der Waals surface area contributed by atoms with Crippen LogP contribution >= 0.6 is 7.82 Å². The standard InChI is InChI=1S/C48H86NO10P/c1-3-5-7-9-11-13-15-17-19-20-21-22-23-24-26-27-29-31-33-35-37-39-46(50)56-41-44(42-57-60(54,55)58-43-45(49)48(52)53)59-47(51)40-38-36-34-32-30-28-25-18-16-14-12-10-8-6-4-2/h6,8,12,14,18,25,30,32,44-45H,3-5,7,9-11,13,15-17,19-24,26-29,31,33-43,49H2,1-2H3,(H,52,53)(H,54,55)/b8-6+,14-12+,25-18+,32-30+/t44-,45-/m0/s1. The molecule has 0 saturated carbocycles. The SMILES string of the molecule is CC/C=C/C/C=C/C/C=C/C/C=C/CCCCC(=O)O[C@@H](COC(=O)CCCCCCCCCCCCCCCCCCCCCCC)COP(=O)(O)OC[C@H](N)C(=O)O. The summed E-state index contributed by atoms with van der Waals surface area (Å²) in [5, 5.41) is 8.90. The summed E-state index contributed by atoms with van der Waals surface area (Å²) in [4.78, 5) is 46.0. The molecule has 0 amide bonds. The van der Waals surface area contributed by atoms with Crippen molar-refractivity contribution in [2.45, 2.75) is 219 Å². The van der Waals surface area contributed by atoms with E-state index in [4.69, 9.17) is 24.8 Å². The number of carbonyl (C=O) groups is 3. The molecule has 0 radical (unpaired) electrons. The zero-order chi connectivity index (χ0) is 44.2. The second kappa shape index (κ2) is 43.1. The van der Waals surface area contributed by atoms with Crippen molar-refractivity contribution in [1.82, 2.24) is 0 Å². The molecule has 0 spiro atoms. The highest BCUT2D eigenvalue weighted by Gasteiger charge is 2.28. The number of aliphatic carboxylic acids is 1. The first kappa shape index (κ1) is 57.4. The molecule has 0 aromatic heterocycles. The normalized spacial score (nSPS) is 14.1. The number of esters is 2. The van der Waals surface area contributed by atoms with Crippen LogP contribution in [0.3, 0.4) is 0 Å². The van der Waals surface area contributed by atoms with Gasteiger partial charge in [-0.3, -0.25) is 23.4 Å². The smallest absolute Gasteiger partial charge is 0.472 e. The Kier molecular flexibility index (Phi) is 41.3. The van der Waals surface area contributed by atoms with E-state index in [9.17, 15) is 23.8 Å². The summed E-state index contributed by atoms with van der Waals surface area (Å²) in [7, 11) is -4.73. The molecule has 0 rings (SSSR count). The third-order valence-electron chi connectivity index (χ3n) is 10.1. The van der Waals surface area contributed by atoms with Crippen LogP contribution in [0.5, 0.6) is 0 Å². The lowest BCUT2D eigenvalue weighted by atomic mass is 10.0. The number of rotatable bonds is 44. The summed E-state index contributed by atoms with van der Waals surface area (Å²) >= 11 is 0. The number of phosphoric acid groups is 1. The molecule has 3 atom stereocenters. The molecule has 0 aliphatic carbocycles. The maximum Gasteiger partial charge on any atom is 0.472 e. The van der Waals surface area contributed by atoms with Crippen LogP contribution in [0, 0.1) is 0 Å². The number of carbonyl (C=O) groups excluding carboxylic acids is 2. The highest BCUT2D eigenvalue weighted by molar-refractivity contribution is 7.47. The Morgan fingerprint density at radius 2 is 0.933 bits per heavy atom. The van der Waals surface area contributed by atoms with Gasteiger partial charge in [-0.05, 0) is 51.4 Å². The highest BCUT2D eigenvalue weighted by Crippen LogP contribution is 2.43. The molecular weight excluding hydrogens is 781 g/mol. The summed E-state index contributed by atoms with van der Waals surface area (Å²) in [6.07, 6.45) is 49.0. The topological polar surface area (TPSA) is 172 Å². The van der Waals surface area contributed by atoms with E-state index >= 15 is 0 Å². The summed E-state index contributed by atoms with van der Waals surface area (Å²) in [5.41, 5.74) is 5.34. The molecule has 60 heavy (non-hydrogen) atoms. The molecular formula is C48H86NO10P. The summed E-state index contributed by atoms with van der Waals surface area (Å²) in [5.74, 6) is -2.43. The van der Waals surface area contributed by atoms with Crippen molar-refractivity contribution in [3.63, 3.8) is 0 Å². The van der Waals surface area contributed by atoms with Crippen molar-refractivity contribution in [3.05, 3.63) is 48.6 Å². The number of hydrogen-bond acceptors (Lipinski definition) is 9. The van der Waals surface area contributed by atoms with Gasteiger partial charge in [-0.15, -0.1) is 0 Å². The van der Waals surface area contributed by atoms with Gasteiger partial charge in [-0.1, -0.05) is 191 Å². The van der Waals surface area contributed by atoms with Gasteiger partial charge in [0, 0.05) is 12.8 Å². The molecule has 1 unspecified atom stereocenters. The molecule has 4 N–H and O–H groups in total. The van der Waals surface area contributed by atoms with Crippen LogP contribution in [0.2, 0.25) is 0 Å². The average Bonchev–Trinajstić information content (AvgIpc) is 3.22. The van der Waals surface area contributed by atoms with Gasteiger partial charge in [0.15, 0.2) is 6.10 Å². The monoisotopic (exact) mass is 868 g/mol. The minimum absolute atomic E-state index is 0.109. The van der Waals surface area contributed by atoms with Gasteiger partial charge >= 0.3 is 25.7 Å². The molecule has 0 aromatic carbocycles. The summed E-state index contributed by atoms with van der Waals surface area (Å²) in [6, 6.07) is -1.53. The Labute approximate surface area is 365 Å². The first-order chi connectivity index (χ1) is 29.1. The van der Waals surface area contributed by atoms with Gasteiger partial charge in [0.2, 0.25) is 0 Å². The molecule has 0 aliphatic rings. The van der Waals surface area contributed by atoms with E-state index in [-0.39, 0.29) is 19.4 Å². The third kappa shape index (κ3) is 42.1. The molecule has 0 aliphatic heterocycles. The molecule has 0 heterocycles. The lowest BCUT2D eigenvalue weighted by Gasteiger charge is -2.20. The second-order valence-corrected chi connectivity index (χ2v) is 17.3. The van der Waals surface area contributed by atoms with E-state index in [0.29, 0.717) is 12.8 Å². The van der Waals surface area contributed by atoms with Crippen LogP contribution < -0.4 is 5.73 Å². The molecule has 11 nitrogen and oxygen atoms in total. The van der Waals surface area contributed by atoms with Crippen molar-refractivity contribution in [2.24, 2.45) is 5.73 Å². The lowest BCUT2D eigenvalue weighted by Crippen LogP contribution is -2.34. The predicted octanol–water partition coefficient (Wildman–Crippen LogP) is 13.0. The number of carboxylic acids is 1. The van der Waals surface area contributed by atoms with Gasteiger partial charge in [0.05, 0.1) is 13.2 Å². The van der Waals surface area contributed by atoms with E-state index in [0.717, 1.165) is 57.8 Å². The number of nitrogens with two attached hydrogens (primary N) is 1. The van der Waals surface area contributed by atoms with Crippen LogP contribution in [-0.4, -0.2) is 59.9 Å². The van der Waals surface area contributed by atoms with Crippen LogP contribution in [0.25, 0.3) is 0 Å². The maximum atomic E-state index is 12.6. The van der Waals surface area contributed by atoms with Crippen molar-refractivity contribution >= 4 is 25.7 Å². The quantitative estimate of drug-likeness (QED) is 0.0230. The zero-order valence-corrected chi connectivity index (χ0v) is 38.7. The fraction of sp³-hybridized carbons (Fsp3) is 0.771. The largest absolute Gasteiger partial charge is 0.480 e. The van der Waals surface area contributed by atoms with Crippen molar-refractivity contribution in [1.29, 1.82) is 0 Å². The minimum Gasteiger partial charge on any atom is -0.480 e. The first-order valence-electron chi connectivity index (χ1n) is 23.7. The van der Waals surface area contributed by atoms with Crippen LogP contribution in [0.4, 0.5) is 0 Å². The van der Waals surface area contributed by atoms with E-state index in [1.807, 2.05) is 0 Å². The van der Waals surface area contributed by atoms with Crippen LogP contribution in [0.1, 0.15) is 206 Å². The average molecular weight is 868 g/mol. The Morgan fingerprint density at radius 3 is 1.40 bits per heavy atom. The van der Waals surface area contributed by atoms with E-state index in [1.54, 1.807) is 0 Å². The maximum absolute atomic E-state index is 12.6. The van der Waals surface area contributed by atoms with Crippen molar-refractivity contribution < 1.29 is 47.5 Å². The molecule has 348 valence electrons. The van der Waals surface area contributed by atoms with E-state index in [1.165, 1.54) is 109 Å². The van der Waals surface area contributed by atoms with Crippen LogP contribution in [0.15, 0.2) is 48.6 Å². The first-order valence-corrected chi connectivity index (χ1v) is 25.2. The number of phosphoric ester groups is 1. The van der Waals surface area contributed by atoms with Crippen molar-refractivity contribution in [3.8, 4) is 0 Å². The minimum atomic E-state index is -4.73. The number of allylic oxidation sites excluding steroid dienone is 8. The number of unbranched alkanes of at least 4 members (excludes halogenated alkanes) is 22. The molecule has 0 bridgehead atoms. The van der Waals surface area contributed by atoms with E-state index in [2.05, 4.69) is 67.0 Å². The Balaban J connectivity index is 4.29. The third-order valence-corrected chi connectivity index (χ3v) is 11.0. The van der Waals surface area contributed by atoms with Gasteiger partial charge in [-0.25, -0.2) is 4.57 Å². The highest BCUT2D eigenvalue weighted by atomic mass is 31.2. The van der Waals surface area contributed by atoms with E-state index < -0.39 is 51.1 Å². The predicted molar refractivity (Wildman–Crippen MR) is 245 cm³/mol. The molecule has 0 saturated heterocycles. The van der Waals surface area contributed by atoms with Gasteiger partial charge < -0.3 is 25.2 Å². The molecule has 0 aromatic rings. The number of hydrogen-bond donors (Lipinski definition) is 3. The second-order valence-electron chi connectivity index (χ2n) is 15.9. The van der Waals surface area contributed by atoms with Gasteiger partial charge in [-0.2, -0.15) is 0 Å². The number of ether oxygens (including phenoxy) is 2. The Morgan fingerprint density at radius 1 is 0.533 bits per heavy atom. The lowest BCUT2D eigenvalue weighted by molar-refractivity contribution is -0.161. The molecule has 0 fully saturated rings. The summed E-state index contributed by atoms with van der Waals surface area (Å²) < 4.78 is 32.7. The summed E-state index contributed by atoms with van der Waals surface area (Å²) in [6.45, 7) is 2.67. The molecule has 12 heteroatoms. The fourth-order valence-corrected chi connectivity index (χ4v) is 7.19. The van der Waals surface area contributed by atoms with Crippen molar-refractivity contribution in [2.75, 3.05) is 19.8 Å².